The molecule has 0 fully saturated rings. The van der Waals surface area contributed by atoms with Gasteiger partial charge in [0.05, 0.1) is 0 Å². The van der Waals surface area contributed by atoms with E-state index in [2.05, 4.69) is 15.5 Å². The first kappa shape index (κ1) is 13.1. The third kappa shape index (κ3) is 3.27. The van der Waals surface area contributed by atoms with Crippen LogP contribution in [0, 0.1) is 18.3 Å². The molecule has 0 spiro atoms. The second-order valence-corrected chi connectivity index (χ2v) is 4.75. The molecule has 2 N–H and O–H groups in total. The minimum atomic E-state index is -1.19. The van der Waals surface area contributed by atoms with Crippen LogP contribution in [0.4, 0.5) is 6.01 Å². The van der Waals surface area contributed by atoms with Gasteiger partial charge < -0.3 is 9.52 Å². The summed E-state index contributed by atoms with van der Waals surface area (Å²) in [5.74, 6) is -2.75. The van der Waals surface area contributed by atoms with Crippen LogP contribution >= 0.6 is 0 Å². The summed E-state index contributed by atoms with van der Waals surface area (Å²) in [5, 5.41) is 18.4. The molecule has 94 valence electrons. The molecule has 1 unspecified atom stereocenters. The van der Waals surface area contributed by atoms with E-state index in [1.54, 1.807) is 27.7 Å². The summed E-state index contributed by atoms with van der Waals surface area (Å²) in [6.07, 6.45) is 0. The Labute approximate surface area is 98.2 Å². The van der Waals surface area contributed by atoms with Gasteiger partial charge in [0.15, 0.2) is 0 Å². The molecule has 1 rings (SSSR count). The summed E-state index contributed by atoms with van der Waals surface area (Å²) in [5.41, 5.74) is -0.703. The number of aryl methyl sites for hydroxylation is 1. The fraction of sp³-hybridized carbons (Fsp3) is 0.600. The number of nitrogens with zero attached hydrogens (tertiary/aromatic N) is 2. The molecular formula is C10H15N3O4. The zero-order chi connectivity index (χ0) is 13.2. The first-order valence-corrected chi connectivity index (χ1v) is 5.05. The Morgan fingerprint density at radius 1 is 1.35 bits per heavy atom. The summed E-state index contributed by atoms with van der Waals surface area (Å²) < 4.78 is 4.95. The largest absolute Gasteiger partial charge is 0.481 e. The normalized spacial score (nSPS) is 13.2. The highest BCUT2D eigenvalue weighted by Crippen LogP contribution is 2.27. The average molecular weight is 241 g/mol. The minimum absolute atomic E-state index is 0.0944. The van der Waals surface area contributed by atoms with Gasteiger partial charge in [0, 0.05) is 6.92 Å². The van der Waals surface area contributed by atoms with Crippen LogP contribution in [-0.2, 0) is 9.59 Å². The topological polar surface area (TPSA) is 105 Å². The molecule has 0 aliphatic heterocycles. The number of carbonyl (C=O) groups is 2. The van der Waals surface area contributed by atoms with E-state index in [-0.39, 0.29) is 6.01 Å². The Morgan fingerprint density at radius 3 is 2.29 bits per heavy atom. The molecule has 0 aromatic carbocycles. The highest BCUT2D eigenvalue weighted by molar-refractivity contribution is 6.03. The van der Waals surface area contributed by atoms with Crippen LogP contribution in [0.3, 0.4) is 0 Å². The lowest BCUT2D eigenvalue weighted by molar-refractivity contribution is -0.149. The van der Waals surface area contributed by atoms with Gasteiger partial charge in [-0.05, 0) is 5.41 Å². The van der Waals surface area contributed by atoms with Gasteiger partial charge in [-0.15, -0.1) is 5.10 Å². The van der Waals surface area contributed by atoms with Crippen molar-refractivity contribution in [2.75, 3.05) is 5.32 Å². The number of aliphatic carboxylic acids is 1. The van der Waals surface area contributed by atoms with Crippen molar-refractivity contribution >= 4 is 17.9 Å². The molecule has 0 aliphatic rings. The quantitative estimate of drug-likeness (QED) is 0.766. The van der Waals surface area contributed by atoms with Gasteiger partial charge in [-0.25, -0.2) is 0 Å². The fourth-order valence-corrected chi connectivity index (χ4v) is 1.40. The second kappa shape index (κ2) is 4.52. The zero-order valence-electron chi connectivity index (χ0n) is 10.1. The van der Waals surface area contributed by atoms with E-state index >= 15 is 0 Å². The Kier molecular flexibility index (Phi) is 3.50. The van der Waals surface area contributed by atoms with Crippen molar-refractivity contribution in [1.29, 1.82) is 0 Å². The zero-order valence-corrected chi connectivity index (χ0v) is 10.1. The van der Waals surface area contributed by atoms with Gasteiger partial charge in [0.1, 0.15) is 5.92 Å². The van der Waals surface area contributed by atoms with Crippen molar-refractivity contribution in [2.24, 2.45) is 11.3 Å². The maximum Gasteiger partial charge on any atom is 0.322 e. The van der Waals surface area contributed by atoms with E-state index < -0.39 is 23.2 Å². The Bertz CT molecular complexity index is 433. The number of hydrogen-bond donors (Lipinski definition) is 2. The van der Waals surface area contributed by atoms with Crippen LogP contribution in [0.5, 0.6) is 0 Å². The Hall–Kier alpha value is -1.92. The molecule has 0 aliphatic carbocycles. The van der Waals surface area contributed by atoms with Crippen molar-refractivity contribution < 1.29 is 19.1 Å². The van der Waals surface area contributed by atoms with E-state index in [9.17, 15) is 9.59 Å². The van der Waals surface area contributed by atoms with Gasteiger partial charge in [-0.2, -0.15) is 0 Å². The van der Waals surface area contributed by atoms with Crippen LogP contribution in [-0.4, -0.2) is 27.2 Å². The van der Waals surface area contributed by atoms with Crippen LogP contribution in [0.15, 0.2) is 4.42 Å². The van der Waals surface area contributed by atoms with E-state index in [0.29, 0.717) is 5.89 Å². The van der Waals surface area contributed by atoms with E-state index in [1.165, 1.54) is 0 Å². The van der Waals surface area contributed by atoms with E-state index in [0.717, 1.165) is 0 Å². The van der Waals surface area contributed by atoms with Gasteiger partial charge in [0.2, 0.25) is 11.8 Å². The molecule has 7 heteroatoms. The molecule has 0 saturated heterocycles. The lowest BCUT2D eigenvalue weighted by Gasteiger charge is -2.25. The highest BCUT2D eigenvalue weighted by Gasteiger charge is 2.38. The summed E-state index contributed by atoms with van der Waals surface area (Å²) in [7, 11) is 0. The lowest BCUT2D eigenvalue weighted by atomic mass is 9.80. The average Bonchev–Trinajstić information content (AvgIpc) is 2.46. The van der Waals surface area contributed by atoms with Crippen molar-refractivity contribution in [2.45, 2.75) is 27.7 Å². The Morgan fingerprint density at radius 2 is 1.94 bits per heavy atom. The molecule has 1 aromatic rings. The molecule has 1 atom stereocenters. The van der Waals surface area contributed by atoms with Crippen LogP contribution in [0.2, 0.25) is 0 Å². The summed E-state index contributed by atoms with van der Waals surface area (Å²) in [6, 6.07) is -0.0944. The number of nitrogens with one attached hydrogen (secondary N) is 1. The lowest BCUT2D eigenvalue weighted by Crippen LogP contribution is -2.39. The first-order valence-electron chi connectivity index (χ1n) is 5.05. The molecule has 0 saturated carbocycles. The van der Waals surface area contributed by atoms with E-state index in [4.69, 9.17) is 9.52 Å². The standard InChI is InChI=1S/C10H15N3O4/c1-5-12-13-9(17-5)11-7(14)6(8(15)16)10(2,3)4/h6H,1-4H3,(H,15,16)(H,11,13,14). The predicted octanol–water partition coefficient (Wildman–Crippen LogP) is 1.06. The monoisotopic (exact) mass is 241 g/mol. The Balaban J connectivity index is 2.84. The molecule has 0 bridgehead atoms. The van der Waals surface area contributed by atoms with Crippen LogP contribution in [0.25, 0.3) is 0 Å². The molecule has 1 heterocycles. The van der Waals surface area contributed by atoms with Crippen molar-refractivity contribution in [3.63, 3.8) is 0 Å². The highest BCUT2D eigenvalue weighted by atomic mass is 16.4. The van der Waals surface area contributed by atoms with Gasteiger partial charge in [-0.3, -0.25) is 14.9 Å². The van der Waals surface area contributed by atoms with Crippen LogP contribution < -0.4 is 5.32 Å². The van der Waals surface area contributed by atoms with Crippen molar-refractivity contribution in [1.82, 2.24) is 10.2 Å². The van der Waals surface area contributed by atoms with Crippen molar-refractivity contribution in [3.8, 4) is 0 Å². The molecule has 1 amide bonds. The summed E-state index contributed by atoms with van der Waals surface area (Å²) in [4.78, 5) is 22.8. The first-order chi connectivity index (χ1) is 7.71. The number of carbonyl (C=O) groups excluding carboxylic acids is 1. The summed E-state index contributed by atoms with van der Waals surface area (Å²) in [6.45, 7) is 6.58. The minimum Gasteiger partial charge on any atom is -0.481 e. The maximum atomic E-state index is 11.8. The number of rotatable bonds is 3. The molecule has 17 heavy (non-hydrogen) atoms. The molecule has 1 aromatic heterocycles. The number of carboxylic acids is 1. The number of amides is 1. The van der Waals surface area contributed by atoms with Gasteiger partial charge in [-0.1, -0.05) is 25.9 Å². The maximum absolute atomic E-state index is 11.8. The SMILES string of the molecule is Cc1nnc(NC(=O)C(C(=O)O)C(C)(C)C)o1. The van der Waals surface area contributed by atoms with Gasteiger partial charge in [0.25, 0.3) is 0 Å². The number of carboxylic acid groups (broad SMARTS) is 1. The third-order valence-corrected chi connectivity index (χ3v) is 2.13. The number of anilines is 1. The number of hydrogen-bond acceptors (Lipinski definition) is 5. The molecule has 0 radical (unpaired) electrons. The fourth-order valence-electron chi connectivity index (χ4n) is 1.40. The predicted molar refractivity (Wildman–Crippen MR) is 58.2 cm³/mol. The third-order valence-electron chi connectivity index (χ3n) is 2.13. The van der Waals surface area contributed by atoms with Crippen molar-refractivity contribution in [3.05, 3.63) is 5.89 Å². The number of aromatic nitrogens is 2. The second-order valence-electron chi connectivity index (χ2n) is 4.75. The molecular weight excluding hydrogens is 226 g/mol. The van der Waals surface area contributed by atoms with Crippen LogP contribution in [0.1, 0.15) is 26.7 Å². The van der Waals surface area contributed by atoms with Gasteiger partial charge >= 0.3 is 12.0 Å². The summed E-state index contributed by atoms with van der Waals surface area (Å²) >= 11 is 0. The van der Waals surface area contributed by atoms with E-state index in [1.807, 2.05) is 0 Å². The smallest absolute Gasteiger partial charge is 0.322 e. The molecule has 7 nitrogen and oxygen atoms in total.